The van der Waals surface area contributed by atoms with E-state index in [0.717, 1.165) is 5.56 Å². The Kier molecular flexibility index (Phi) is 5.02. The molecule has 0 unspecified atom stereocenters. The fourth-order valence-corrected chi connectivity index (χ4v) is 1.56. The van der Waals surface area contributed by atoms with Crippen molar-refractivity contribution in [1.82, 2.24) is 9.97 Å². The van der Waals surface area contributed by atoms with Crippen LogP contribution in [-0.4, -0.2) is 34.3 Å². The van der Waals surface area contributed by atoms with Gasteiger partial charge < -0.3 is 14.6 Å². The fourth-order valence-electron chi connectivity index (χ4n) is 1.56. The zero-order valence-electron chi connectivity index (χ0n) is 10.7. The predicted octanol–water partition coefficient (Wildman–Crippen LogP) is 1.77. The summed E-state index contributed by atoms with van der Waals surface area (Å²) < 4.78 is 10.7. The third-order valence-electron chi connectivity index (χ3n) is 2.48. The van der Waals surface area contributed by atoms with E-state index in [1.165, 1.54) is 12.5 Å². The molecule has 0 spiro atoms. The Balaban J connectivity index is 1.75. The topological polar surface area (TPSA) is 81.5 Å². The highest BCUT2D eigenvalue weighted by Crippen LogP contribution is 2.13. The molecule has 1 aromatic heterocycles. The summed E-state index contributed by atoms with van der Waals surface area (Å²) in [7, 11) is 0. The number of benzene rings is 1. The number of carboxylic acid groups (broad SMARTS) is 1. The van der Waals surface area contributed by atoms with E-state index >= 15 is 0 Å². The number of rotatable bonds is 7. The quantitative estimate of drug-likeness (QED) is 0.775. The summed E-state index contributed by atoms with van der Waals surface area (Å²) in [6.45, 7) is 1.07. The van der Waals surface area contributed by atoms with Crippen molar-refractivity contribution in [2.24, 2.45) is 0 Å². The van der Waals surface area contributed by atoms with Crippen molar-refractivity contribution in [2.75, 3.05) is 13.2 Å². The van der Waals surface area contributed by atoms with Crippen LogP contribution in [-0.2, 0) is 11.3 Å². The summed E-state index contributed by atoms with van der Waals surface area (Å²) in [5, 5.41) is 8.92. The van der Waals surface area contributed by atoms with Crippen LogP contribution in [0.25, 0.3) is 0 Å². The molecule has 0 saturated carbocycles. The van der Waals surface area contributed by atoms with Crippen molar-refractivity contribution >= 4 is 5.97 Å². The number of nitrogens with zero attached hydrogens (tertiary/aromatic N) is 2. The van der Waals surface area contributed by atoms with Gasteiger partial charge in [-0.25, -0.2) is 14.8 Å². The summed E-state index contributed by atoms with van der Waals surface area (Å²) >= 11 is 0. The lowest BCUT2D eigenvalue weighted by molar-refractivity contribution is 0.0673. The molecule has 104 valence electrons. The zero-order valence-corrected chi connectivity index (χ0v) is 10.7. The second-order valence-corrected chi connectivity index (χ2v) is 3.93. The second-order valence-electron chi connectivity index (χ2n) is 3.93. The number of ether oxygens (including phenoxy) is 2. The molecule has 0 aliphatic carbocycles. The van der Waals surface area contributed by atoms with Crippen LogP contribution in [0.5, 0.6) is 5.75 Å². The minimum absolute atomic E-state index is 0.142. The van der Waals surface area contributed by atoms with E-state index in [1.807, 2.05) is 30.3 Å². The van der Waals surface area contributed by atoms with Gasteiger partial charge in [0.1, 0.15) is 12.9 Å². The van der Waals surface area contributed by atoms with Crippen molar-refractivity contribution in [3.05, 3.63) is 54.1 Å². The fraction of sp³-hybridized carbons (Fsp3) is 0.214. The zero-order chi connectivity index (χ0) is 14.2. The van der Waals surface area contributed by atoms with Gasteiger partial charge in [-0.05, 0) is 5.56 Å². The van der Waals surface area contributed by atoms with Gasteiger partial charge >= 0.3 is 5.97 Å². The lowest BCUT2D eigenvalue weighted by Crippen LogP contribution is -2.11. The first-order chi connectivity index (χ1) is 9.77. The monoisotopic (exact) mass is 274 g/mol. The largest absolute Gasteiger partial charge is 0.487 e. The molecule has 0 fully saturated rings. The first-order valence-corrected chi connectivity index (χ1v) is 6.05. The van der Waals surface area contributed by atoms with Gasteiger partial charge in [-0.1, -0.05) is 30.3 Å². The molecule has 2 aromatic rings. The molecule has 1 aromatic carbocycles. The van der Waals surface area contributed by atoms with Crippen molar-refractivity contribution in [3.8, 4) is 5.75 Å². The van der Waals surface area contributed by atoms with E-state index in [2.05, 4.69) is 9.97 Å². The molecule has 0 atom stereocenters. The van der Waals surface area contributed by atoms with Crippen LogP contribution in [0.15, 0.2) is 42.9 Å². The molecule has 20 heavy (non-hydrogen) atoms. The van der Waals surface area contributed by atoms with Gasteiger partial charge in [-0.15, -0.1) is 0 Å². The molecule has 0 bridgehead atoms. The number of hydrogen-bond donors (Lipinski definition) is 1. The molecule has 6 nitrogen and oxygen atoms in total. The maximum absolute atomic E-state index is 10.9. The molecule has 6 heteroatoms. The summed E-state index contributed by atoms with van der Waals surface area (Å²) in [5.74, 6) is -1.00. The molecule has 0 aliphatic heterocycles. The van der Waals surface area contributed by atoms with E-state index in [0.29, 0.717) is 13.2 Å². The van der Waals surface area contributed by atoms with Gasteiger partial charge in [0.15, 0.2) is 11.4 Å². The van der Waals surface area contributed by atoms with Crippen LogP contribution in [0.3, 0.4) is 0 Å². The molecule has 0 amide bonds. The lowest BCUT2D eigenvalue weighted by atomic mass is 10.2. The average Bonchev–Trinajstić information content (AvgIpc) is 2.48. The number of carbonyl (C=O) groups is 1. The molecule has 0 radical (unpaired) electrons. The highest BCUT2D eigenvalue weighted by molar-refractivity contribution is 5.88. The molecule has 1 heterocycles. The smallest absolute Gasteiger partial charge is 0.358 e. The van der Waals surface area contributed by atoms with E-state index < -0.39 is 5.97 Å². The van der Waals surface area contributed by atoms with Crippen LogP contribution < -0.4 is 4.74 Å². The summed E-state index contributed by atoms with van der Waals surface area (Å²) in [4.78, 5) is 18.3. The molecular weight excluding hydrogens is 260 g/mol. The highest BCUT2D eigenvalue weighted by atomic mass is 16.5. The molecule has 2 rings (SSSR count). The molecule has 0 saturated heterocycles. The standard InChI is InChI=1S/C14H14N2O4/c17-14(18)13-12(8-15-10-16-13)20-7-6-19-9-11-4-2-1-3-5-11/h1-5,8,10H,6-7,9H2,(H,17,18). The Labute approximate surface area is 116 Å². The van der Waals surface area contributed by atoms with E-state index in [4.69, 9.17) is 14.6 Å². The average molecular weight is 274 g/mol. The minimum Gasteiger partial charge on any atom is -0.487 e. The Hall–Kier alpha value is -2.47. The van der Waals surface area contributed by atoms with Gasteiger partial charge in [0.25, 0.3) is 0 Å². The van der Waals surface area contributed by atoms with Crippen LogP contribution in [0, 0.1) is 0 Å². The Morgan fingerprint density at radius 3 is 2.75 bits per heavy atom. The summed E-state index contributed by atoms with van der Waals surface area (Å²) in [5.41, 5.74) is 0.921. The minimum atomic E-state index is -1.15. The number of hydrogen-bond acceptors (Lipinski definition) is 5. The van der Waals surface area contributed by atoms with Crippen molar-refractivity contribution in [2.45, 2.75) is 6.61 Å². The normalized spacial score (nSPS) is 10.2. The van der Waals surface area contributed by atoms with E-state index in [9.17, 15) is 4.79 Å². The van der Waals surface area contributed by atoms with Gasteiger partial charge in [0.2, 0.25) is 0 Å². The molecule has 0 aliphatic rings. The predicted molar refractivity (Wildman–Crippen MR) is 70.6 cm³/mol. The summed E-state index contributed by atoms with van der Waals surface area (Å²) in [6, 6.07) is 9.75. The van der Waals surface area contributed by atoms with Gasteiger partial charge in [0, 0.05) is 0 Å². The van der Waals surface area contributed by atoms with Crippen molar-refractivity contribution < 1.29 is 19.4 Å². The Morgan fingerprint density at radius 2 is 2.00 bits per heavy atom. The SMILES string of the molecule is O=C(O)c1ncncc1OCCOCc1ccccc1. The van der Waals surface area contributed by atoms with E-state index in [-0.39, 0.29) is 18.1 Å². The van der Waals surface area contributed by atoms with Crippen LogP contribution in [0.4, 0.5) is 0 Å². The number of carboxylic acids is 1. The number of aromatic nitrogens is 2. The van der Waals surface area contributed by atoms with Gasteiger partial charge in [-0.3, -0.25) is 0 Å². The lowest BCUT2D eigenvalue weighted by Gasteiger charge is -2.08. The maximum atomic E-state index is 10.9. The molecule has 1 N–H and O–H groups in total. The first kappa shape index (κ1) is 14.0. The van der Waals surface area contributed by atoms with Crippen LogP contribution in [0.1, 0.15) is 16.1 Å². The van der Waals surface area contributed by atoms with Gasteiger partial charge in [0.05, 0.1) is 19.4 Å². The third kappa shape index (κ3) is 4.03. The molecular formula is C14H14N2O4. The first-order valence-electron chi connectivity index (χ1n) is 6.05. The second kappa shape index (κ2) is 7.20. The van der Waals surface area contributed by atoms with E-state index in [1.54, 1.807) is 0 Å². The van der Waals surface area contributed by atoms with Crippen molar-refractivity contribution in [3.63, 3.8) is 0 Å². The van der Waals surface area contributed by atoms with Crippen LogP contribution in [0.2, 0.25) is 0 Å². The Morgan fingerprint density at radius 1 is 1.20 bits per heavy atom. The highest BCUT2D eigenvalue weighted by Gasteiger charge is 2.12. The summed E-state index contributed by atoms with van der Waals surface area (Å²) in [6.07, 6.45) is 2.50. The third-order valence-corrected chi connectivity index (χ3v) is 2.48. The van der Waals surface area contributed by atoms with Crippen LogP contribution >= 0.6 is 0 Å². The number of aromatic carboxylic acids is 1. The van der Waals surface area contributed by atoms with Gasteiger partial charge in [-0.2, -0.15) is 0 Å². The maximum Gasteiger partial charge on any atom is 0.358 e. The van der Waals surface area contributed by atoms with Crippen molar-refractivity contribution in [1.29, 1.82) is 0 Å². The Bertz CT molecular complexity index is 560.